The summed E-state index contributed by atoms with van der Waals surface area (Å²) >= 11 is 0. The monoisotopic (exact) mass is 324 g/mol. The maximum absolute atomic E-state index is 8.98. The molecule has 0 aliphatic carbocycles. The Labute approximate surface area is 139 Å². The van der Waals surface area contributed by atoms with Crippen molar-refractivity contribution in [2.24, 2.45) is 7.05 Å². The van der Waals surface area contributed by atoms with Gasteiger partial charge in [0.15, 0.2) is 0 Å². The summed E-state index contributed by atoms with van der Waals surface area (Å²) in [6.07, 6.45) is 1.83. The van der Waals surface area contributed by atoms with E-state index in [1.807, 2.05) is 11.7 Å². The summed E-state index contributed by atoms with van der Waals surface area (Å²) in [6.45, 7) is 11.1. The molecule has 0 amide bonds. The Kier molecular flexibility index (Phi) is 6.87. The minimum Gasteiger partial charge on any atom is -0.396 e. The van der Waals surface area contributed by atoms with Gasteiger partial charge in [-0.15, -0.1) is 0 Å². The van der Waals surface area contributed by atoms with Crippen molar-refractivity contribution in [3.05, 3.63) is 11.3 Å². The van der Waals surface area contributed by atoms with Gasteiger partial charge < -0.3 is 20.1 Å². The van der Waals surface area contributed by atoms with Crippen LogP contribution < -0.4 is 10.2 Å². The van der Waals surface area contributed by atoms with Gasteiger partial charge in [0.2, 0.25) is 0 Å². The lowest BCUT2D eigenvalue weighted by Crippen LogP contribution is -2.38. The molecular weight excluding hydrogens is 292 g/mol. The van der Waals surface area contributed by atoms with Crippen LogP contribution in [0.2, 0.25) is 0 Å². The van der Waals surface area contributed by atoms with Gasteiger partial charge in [-0.1, -0.05) is 13.8 Å². The fourth-order valence-corrected chi connectivity index (χ4v) is 3.16. The molecule has 1 aromatic rings. The third-order valence-corrected chi connectivity index (χ3v) is 4.42. The number of hydrogen-bond acceptors (Lipinski definition) is 5. The molecule has 1 aliphatic rings. The molecule has 0 saturated carbocycles. The van der Waals surface area contributed by atoms with Crippen LogP contribution in [-0.4, -0.2) is 53.8 Å². The SMILES string of the molecule is CC(CCCO)NCc1c(C(C)C)nn(C)c1N1CCOCC1. The van der Waals surface area contributed by atoms with Crippen molar-refractivity contribution in [3.63, 3.8) is 0 Å². The minimum absolute atomic E-state index is 0.259. The highest BCUT2D eigenvalue weighted by Gasteiger charge is 2.24. The number of aliphatic hydroxyl groups is 1. The molecule has 132 valence electrons. The molecule has 0 bridgehead atoms. The lowest BCUT2D eigenvalue weighted by molar-refractivity contribution is 0.122. The number of aromatic nitrogens is 2. The van der Waals surface area contributed by atoms with E-state index in [-0.39, 0.29) is 6.61 Å². The van der Waals surface area contributed by atoms with Crippen molar-refractivity contribution in [1.29, 1.82) is 0 Å². The number of anilines is 1. The smallest absolute Gasteiger partial charge is 0.131 e. The highest BCUT2D eigenvalue weighted by atomic mass is 16.5. The predicted molar refractivity (Wildman–Crippen MR) is 93.0 cm³/mol. The molecule has 2 heterocycles. The lowest BCUT2D eigenvalue weighted by Gasteiger charge is -2.30. The Balaban J connectivity index is 2.16. The van der Waals surface area contributed by atoms with Crippen molar-refractivity contribution in [2.75, 3.05) is 37.8 Å². The molecule has 0 radical (unpaired) electrons. The van der Waals surface area contributed by atoms with Crippen LogP contribution in [0.3, 0.4) is 0 Å². The average molecular weight is 324 g/mol. The highest BCUT2D eigenvalue weighted by molar-refractivity contribution is 5.51. The molecule has 1 saturated heterocycles. The normalized spacial score (nSPS) is 17.0. The first-order valence-corrected chi connectivity index (χ1v) is 8.77. The number of nitrogens with zero attached hydrogens (tertiary/aromatic N) is 3. The molecular formula is C17H32N4O2. The fourth-order valence-electron chi connectivity index (χ4n) is 3.16. The van der Waals surface area contributed by atoms with Gasteiger partial charge in [-0.2, -0.15) is 5.10 Å². The van der Waals surface area contributed by atoms with Crippen molar-refractivity contribution in [1.82, 2.24) is 15.1 Å². The summed E-state index contributed by atoms with van der Waals surface area (Å²) in [4.78, 5) is 2.39. The zero-order valence-corrected chi connectivity index (χ0v) is 15.0. The van der Waals surface area contributed by atoms with Crippen molar-refractivity contribution in [2.45, 2.75) is 52.1 Å². The molecule has 23 heavy (non-hydrogen) atoms. The molecule has 1 unspecified atom stereocenters. The Morgan fingerprint density at radius 2 is 1.96 bits per heavy atom. The number of morpholine rings is 1. The van der Waals surface area contributed by atoms with E-state index in [1.54, 1.807) is 0 Å². The number of hydrogen-bond donors (Lipinski definition) is 2. The van der Waals surface area contributed by atoms with E-state index in [0.717, 1.165) is 45.7 Å². The summed E-state index contributed by atoms with van der Waals surface area (Å²) in [5, 5.41) is 17.4. The van der Waals surface area contributed by atoms with Gasteiger partial charge in [0.05, 0.1) is 18.9 Å². The third kappa shape index (κ3) is 4.68. The second kappa shape index (κ2) is 8.66. The zero-order chi connectivity index (χ0) is 16.8. The van der Waals surface area contributed by atoms with E-state index >= 15 is 0 Å². The molecule has 1 fully saturated rings. The zero-order valence-electron chi connectivity index (χ0n) is 15.0. The van der Waals surface area contributed by atoms with E-state index in [4.69, 9.17) is 14.9 Å². The average Bonchev–Trinajstić information content (AvgIpc) is 2.88. The van der Waals surface area contributed by atoms with Crippen LogP contribution in [0.5, 0.6) is 0 Å². The van der Waals surface area contributed by atoms with Crippen molar-refractivity contribution < 1.29 is 9.84 Å². The number of rotatable bonds is 8. The second-order valence-corrected chi connectivity index (χ2v) is 6.71. The van der Waals surface area contributed by atoms with Crippen LogP contribution in [-0.2, 0) is 18.3 Å². The van der Waals surface area contributed by atoms with Crippen LogP contribution >= 0.6 is 0 Å². The largest absolute Gasteiger partial charge is 0.396 e. The molecule has 6 heteroatoms. The summed E-state index contributed by atoms with van der Waals surface area (Å²) in [7, 11) is 2.04. The topological polar surface area (TPSA) is 62.5 Å². The first-order chi connectivity index (χ1) is 11.0. The van der Waals surface area contributed by atoms with Crippen molar-refractivity contribution in [3.8, 4) is 0 Å². The van der Waals surface area contributed by atoms with Gasteiger partial charge in [-0.05, 0) is 25.7 Å². The Morgan fingerprint density at radius 3 is 2.57 bits per heavy atom. The molecule has 2 N–H and O–H groups in total. The Hall–Kier alpha value is -1.11. The van der Waals surface area contributed by atoms with E-state index < -0.39 is 0 Å². The number of nitrogens with one attached hydrogen (secondary N) is 1. The first kappa shape index (κ1) is 18.2. The van der Waals surface area contributed by atoms with Crippen molar-refractivity contribution >= 4 is 5.82 Å². The summed E-state index contributed by atoms with van der Waals surface area (Å²) in [5.74, 6) is 1.62. The quantitative estimate of drug-likeness (QED) is 0.761. The van der Waals surface area contributed by atoms with Gasteiger partial charge in [-0.3, -0.25) is 4.68 Å². The maximum atomic E-state index is 8.98. The fraction of sp³-hybridized carbons (Fsp3) is 0.824. The van der Waals surface area contributed by atoms with Gasteiger partial charge >= 0.3 is 0 Å². The molecule has 0 aromatic carbocycles. The molecule has 2 rings (SSSR count). The number of aryl methyl sites for hydroxylation is 1. The van der Waals surface area contributed by atoms with E-state index in [1.165, 1.54) is 17.1 Å². The number of aliphatic hydroxyl groups excluding tert-OH is 1. The molecule has 1 aliphatic heterocycles. The van der Waals surface area contributed by atoms with Gasteiger partial charge in [0.25, 0.3) is 0 Å². The Bertz CT molecular complexity index is 481. The van der Waals surface area contributed by atoms with E-state index in [9.17, 15) is 0 Å². The van der Waals surface area contributed by atoms with Gasteiger partial charge in [0, 0.05) is 44.9 Å². The minimum atomic E-state index is 0.259. The van der Waals surface area contributed by atoms with E-state index in [0.29, 0.717) is 12.0 Å². The van der Waals surface area contributed by atoms with Crippen LogP contribution in [0.15, 0.2) is 0 Å². The number of ether oxygens (including phenoxy) is 1. The van der Waals surface area contributed by atoms with Crippen LogP contribution in [0, 0.1) is 0 Å². The molecule has 1 aromatic heterocycles. The standard InChI is InChI=1S/C17H32N4O2/c1-13(2)16-15(12-18-14(3)6-5-9-22)17(20(4)19-16)21-7-10-23-11-8-21/h13-14,18,22H,5-12H2,1-4H3. The van der Waals surface area contributed by atoms with Crippen LogP contribution in [0.4, 0.5) is 5.82 Å². The summed E-state index contributed by atoms with van der Waals surface area (Å²) in [5.41, 5.74) is 2.48. The van der Waals surface area contributed by atoms with Gasteiger partial charge in [0.1, 0.15) is 5.82 Å². The van der Waals surface area contributed by atoms with Gasteiger partial charge in [-0.25, -0.2) is 0 Å². The van der Waals surface area contributed by atoms with Crippen LogP contribution in [0.25, 0.3) is 0 Å². The molecule has 1 atom stereocenters. The maximum Gasteiger partial charge on any atom is 0.131 e. The summed E-state index contributed by atoms with van der Waals surface area (Å²) in [6, 6.07) is 0.389. The van der Waals surface area contributed by atoms with Crippen LogP contribution in [0.1, 0.15) is 50.8 Å². The Morgan fingerprint density at radius 1 is 1.26 bits per heavy atom. The lowest BCUT2D eigenvalue weighted by atomic mass is 10.0. The second-order valence-electron chi connectivity index (χ2n) is 6.71. The third-order valence-electron chi connectivity index (χ3n) is 4.42. The first-order valence-electron chi connectivity index (χ1n) is 8.77. The predicted octanol–water partition coefficient (Wildman–Crippen LogP) is 1.63. The van der Waals surface area contributed by atoms with E-state index in [2.05, 4.69) is 31.0 Å². The molecule has 0 spiro atoms. The summed E-state index contributed by atoms with van der Waals surface area (Å²) < 4.78 is 7.51. The molecule has 6 nitrogen and oxygen atoms in total. The highest BCUT2D eigenvalue weighted by Crippen LogP contribution is 2.29.